The zero-order valence-electron chi connectivity index (χ0n) is 18.7. The van der Waals surface area contributed by atoms with Gasteiger partial charge in [-0.05, 0) is 49.9 Å². The molecule has 1 aromatic heterocycles. The Balaban J connectivity index is 1.60. The van der Waals surface area contributed by atoms with Gasteiger partial charge in [-0.3, -0.25) is 19.3 Å². The van der Waals surface area contributed by atoms with Gasteiger partial charge in [0, 0.05) is 28.4 Å². The number of imide groups is 1. The first-order chi connectivity index (χ1) is 16.4. The van der Waals surface area contributed by atoms with Crippen molar-refractivity contribution in [3.8, 4) is 0 Å². The molecule has 0 radical (unpaired) electrons. The summed E-state index contributed by atoms with van der Waals surface area (Å²) < 4.78 is 6.75. The van der Waals surface area contributed by atoms with Gasteiger partial charge in [-0.2, -0.15) is 0 Å². The van der Waals surface area contributed by atoms with Crippen molar-refractivity contribution in [2.75, 3.05) is 11.9 Å². The number of hydrogen-bond acceptors (Lipinski definition) is 6. The van der Waals surface area contributed by atoms with Crippen molar-refractivity contribution in [1.29, 1.82) is 0 Å². The SMILES string of the molecule is CCOC(=O)C(C)N1C(=O)SC(=Cc2cn(CC(=O)Nc3ccccc3)c3ccccc23)C1=O. The third kappa shape index (κ3) is 4.74. The summed E-state index contributed by atoms with van der Waals surface area (Å²) in [5, 5.41) is 3.17. The van der Waals surface area contributed by atoms with Gasteiger partial charge < -0.3 is 14.6 Å². The minimum atomic E-state index is -1.01. The fraction of sp³-hybridized carbons (Fsp3) is 0.200. The maximum Gasteiger partial charge on any atom is 0.329 e. The summed E-state index contributed by atoms with van der Waals surface area (Å²) in [6.45, 7) is 3.36. The predicted octanol–water partition coefficient (Wildman–Crippen LogP) is 4.27. The second-order valence-electron chi connectivity index (χ2n) is 7.62. The number of benzene rings is 2. The molecule has 1 aliphatic rings. The van der Waals surface area contributed by atoms with Gasteiger partial charge in [-0.1, -0.05) is 36.4 Å². The van der Waals surface area contributed by atoms with Crippen molar-refractivity contribution in [2.24, 2.45) is 0 Å². The number of rotatable bonds is 7. The Labute approximate surface area is 200 Å². The number of carbonyl (C=O) groups is 4. The molecule has 1 saturated heterocycles. The molecule has 0 saturated carbocycles. The summed E-state index contributed by atoms with van der Waals surface area (Å²) in [6.07, 6.45) is 3.40. The van der Waals surface area contributed by atoms with E-state index in [0.717, 1.165) is 27.6 Å². The van der Waals surface area contributed by atoms with Crippen LogP contribution < -0.4 is 5.32 Å². The van der Waals surface area contributed by atoms with Gasteiger partial charge in [-0.15, -0.1) is 0 Å². The lowest BCUT2D eigenvalue weighted by atomic mass is 10.1. The van der Waals surface area contributed by atoms with Crippen LogP contribution in [-0.2, 0) is 25.7 Å². The molecule has 174 valence electrons. The first-order valence-electron chi connectivity index (χ1n) is 10.8. The van der Waals surface area contributed by atoms with E-state index in [4.69, 9.17) is 4.74 Å². The van der Waals surface area contributed by atoms with Gasteiger partial charge in [0.25, 0.3) is 11.1 Å². The number of amides is 3. The Morgan fingerprint density at radius 2 is 1.79 bits per heavy atom. The Bertz CT molecular complexity index is 1300. The number of carbonyl (C=O) groups excluding carboxylic acids is 4. The number of nitrogens with zero attached hydrogens (tertiary/aromatic N) is 2. The summed E-state index contributed by atoms with van der Waals surface area (Å²) in [4.78, 5) is 51.2. The first kappa shape index (κ1) is 23.3. The van der Waals surface area contributed by atoms with E-state index in [-0.39, 0.29) is 24.0 Å². The van der Waals surface area contributed by atoms with E-state index in [1.807, 2.05) is 54.6 Å². The molecular weight excluding hydrogens is 454 g/mol. The predicted molar refractivity (Wildman–Crippen MR) is 131 cm³/mol. The van der Waals surface area contributed by atoms with Crippen LogP contribution in [0.5, 0.6) is 0 Å². The average molecular weight is 478 g/mol. The van der Waals surface area contributed by atoms with E-state index in [1.165, 1.54) is 6.92 Å². The summed E-state index contributed by atoms with van der Waals surface area (Å²) in [6, 6.07) is 15.7. The summed E-state index contributed by atoms with van der Waals surface area (Å²) in [5.41, 5.74) is 2.21. The van der Waals surface area contributed by atoms with Crippen molar-refractivity contribution in [3.05, 3.63) is 71.3 Å². The third-order valence-electron chi connectivity index (χ3n) is 5.32. The van der Waals surface area contributed by atoms with Crippen LogP contribution in [0.25, 0.3) is 17.0 Å². The fourth-order valence-electron chi connectivity index (χ4n) is 3.72. The highest BCUT2D eigenvalue weighted by molar-refractivity contribution is 8.18. The van der Waals surface area contributed by atoms with Crippen LogP contribution in [0.15, 0.2) is 65.7 Å². The molecule has 34 heavy (non-hydrogen) atoms. The van der Waals surface area contributed by atoms with E-state index in [1.54, 1.807) is 23.8 Å². The normalized spacial score (nSPS) is 15.7. The molecule has 4 rings (SSSR count). The van der Waals surface area contributed by atoms with Crippen molar-refractivity contribution in [3.63, 3.8) is 0 Å². The number of esters is 1. The van der Waals surface area contributed by atoms with Gasteiger partial charge in [0.15, 0.2) is 0 Å². The summed E-state index contributed by atoms with van der Waals surface area (Å²) >= 11 is 0.776. The molecule has 3 amide bonds. The number of ether oxygens (including phenoxy) is 1. The quantitative estimate of drug-likeness (QED) is 0.403. The lowest BCUT2D eigenvalue weighted by Gasteiger charge is -2.19. The average Bonchev–Trinajstić information content (AvgIpc) is 3.30. The molecule has 8 nitrogen and oxygen atoms in total. The molecule has 1 atom stereocenters. The zero-order valence-corrected chi connectivity index (χ0v) is 19.5. The topological polar surface area (TPSA) is 97.7 Å². The minimum absolute atomic E-state index is 0.0740. The third-order valence-corrected chi connectivity index (χ3v) is 6.20. The molecule has 0 spiro atoms. The molecule has 2 heterocycles. The molecule has 0 aliphatic carbocycles. The van der Waals surface area contributed by atoms with Crippen molar-refractivity contribution in [1.82, 2.24) is 9.47 Å². The van der Waals surface area contributed by atoms with Crippen LogP contribution >= 0.6 is 11.8 Å². The number of thioether (sulfide) groups is 1. The number of fused-ring (bicyclic) bond motifs is 1. The maximum atomic E-state index is 12.9. The van der Waals surface area contributed by atoms with Crippen LogP contribution in [0.4, 0.5) is 10.5 Å². The highest BCUT2D eigenvalue weighted by Gasteiger charge is 2.41. The molecule has 3 aromatic rings. The summed E-state index contributed by atoms with van der Waals surface area (Å²) in [7, 11) is 0. The number of hydrogen-bond donors (Lipinski definition) is 1. The molecule has 1 unspecified atom stereocenters. The van der Waals surface area contributed by atoms with Crippen LogP contribution in [0.1, 0.15) is 19.4 Å². The smallest absolute Gasteiger partial charge is 0.329 e. The Morgan fingerprint density at radius 1 is 1.09 bits per heavy atom. The second-order valence-corrected chi connectivity index (χ2v) is 8.62. The van der Waals surface area contributed by atoms with Gasteiger partial charge in [0.2, 0.25) is 5.91 Å². The largest absolute Gasteiger partial charge is 0.464 e. The van der Waals surface area contributed by atoms with Gasteiger partial charge in [-0.25, -0.2) is 4.79 Å². The highest BCUT2D eigenvalue weighted by atomic mass is 32.2. The van der Waals surface area contributed by atoms with E-state index >= 15 is 0 Å². The van der Waals surface area contributed by atoms with E-state index < -0.39 is 23.2 Å². The minimum Gasteiger partial charge on any atom is -0.464 e. The molecular formula is C25H23N3O5S. The Hall–Kier alpha value is -3.85. The lowest BCUT2D eigenvalue weighted by molar-refractivity contribution is -0.150. The Morgan fingerprint density at radius 3 is 2.53 bits per heavy atom. The molecule has 1 fully saturated rings. The summed E-state index contributed by atoms with van der Waals surface area (Å²) in [5.74, 6) is -1.37. The van der Waals surface area contributed by atoms with Crippen LogP contribution in [0.2, 0.25) is 0 Å². The second kappa shape index (κ2) is 9.96. The molecule has 1 N–H and O–H groups in total. The fourth-order valence-corrected chi connectivity index (χ4v) is 4.62. The van der Waals surface area contributed by atoms with E-state index in [0.29, 0.717) is 11.3 Å². The van der Waals surface area contributed by atoms with Crippen molar-refractivity contribution in [2.45, 2.75) is 26.4 Å². The number of para-hydroxylation sites is 2. The van der Waals surface area contributed by atoms with Gasteiger partial charge in [0.05, 0.1) is 11.5 Å². The Kier molecular flexibility index (Phi) is 6.83. The van der Waals surface area contributed by atoms with Crippen LogP contribution in [-0.4, -0.2) is 45.1 Å². The van der Waals surface area contributed by atoms with Crippen LogP contribution in [0.3, 0.4) is 0 Å². The van der Waals surface area contributed by atoms with Crippen molar-refractivity contribution >= 4 is 57.5 Å². The van der Waals surface area contributed by atoms with Crippen LogP contribution in [0, 0.1) is 0 Å². The van der Waals surface area contributed by atoms with Gasteiger partial charge in [0.1, 0.15) is 12.6 Å². The zero-order chi connectivity index (χ0) is 24.2. The van der Waals surface area contributed by atoms with Gasteiger partial charge >= 0.3 is 5.97 Å². The first-order valence-corrected chi connectivity index (χ1v) is 11.6. The lowest BCUT2D eigenvalue weighted by Crippen LogP contribution is -2.42. The number of anilines is 1. The molecule has 2 aromatic carbocycles. The van der Waals surface area contributed by atoms with Crippen molar-refractivity contribution < 1.29 is 23.9 Å². The molecule has 0 bridgehead atoms. The standard InChI is InChI=1S/C25H23N3O5S/c1-3-33-24(31)16(2)28-23(30)21(34-25(28)32)13-17-14-27(20-12-8-7-11-19(17)20)15-22(29)26-18-9-5-4-6-10-18/h4-14,16H,3,15H2,1-2H3,(H,26,29). The highest BCUT2D eigenvalue weighted by Crippen LogP contribution is 2.35. The van der Waals surface area contributed by atoms with E-state index in [2.05, 4.69) is 5.32 Å². The molecule has 9 heteroatoms. The maximum absolute atomic E-state index is 12.9. The monoisotopic (exact) mass is 477 g/mol. The molecule has 1 aliphatic heterocycles. The number of nitrogens with one attached hydrogen (secondary N) is 1. The van der Waals surface area contributed by atoms with E-state index in [9.17, 15) is 19.2 Å². The number of aromatic nitrogens is 1.